The molecule has 2 aromatic rings. The van der Waals surface area contributed by atoms with Crippen LogP contribution in [0, 0.1) is 17.7 Å². The van der Waals surface area contributed by atoms with Crippen molar-refractivity contribution >= 4 is 0 Å². The fourth-order valence-corrected chi connectivity index (χ4v) is 1.76. The molecule has 0 saturated heterocycles. The summed E-state index contributed by atoms with van der Waals surface area (Å²) in [6, 6.07) is 4.25. The van der Waals surface area contributed by atoms with Gasteiger partial charge < -0.3 is 14.4 Å². The van der Waals surface area contributed by atoms with Crippen LogP contribution in [0.3, 0.4) is 0 Å². The summed E-state index contributed by atoms with van der Waals surface area (Å²) in [5, 5.41) is 8.63. The van der Waals surface area contributed by atoms with Crippen LogP contribution in [0.1, 0.15) is 11.4 Å². The third kappa shape index (κ3) is 3.84. The lowest BCUT2D eigenvalue weighted by Gasteiger charge is -2.07. The van der Waals surface area contributed by atoms with Gasteiger partial charge in [-0.25, -0.2) is 9.37 Å². The number of aliphatic hydroxyl groups excluding tert-OH is 1. The molecule has 0 amide bonds. The first-order valence-electron chi connectivity index (χ1n) is 6.18. The summed E-state index contributed by atoms with van der Waals surface area (Å²) in [7, 11) is 1.91. The molecule has 0 unspecified atom stereocenters. The van der Waals surface area contributed by atoms with Gasteiger partial charge in [0.15, 0.2) is 0 Å². The minimum atomic E-state index is -0.415. The third-order valence-corrected chi connectivity index (χ3v) is 2.70. The maximum absolute atomic E-state index is 13.4. The van der Waals surface area contributed by atoms with Crippen LogP contribution in [0.4, 0.5) is 4.39 Å². The molecule has 0 atom stereocenters. The Hall–Kier alpha value is -2.32. The average Bonchev–Trinajstić information content (AvgIpc) is 2.82. The van der Waals surface area contributed by atoms with Crippen molar-refractivity contribution in [3.05, 3.63) is 47.8 Å². The van der Waals surface area contributed by atoms with Gasteiger partial charge in [0, 0.05) is 37.5 Å². The van der Waals surface area contributed by atoms with E-state index in [4.69, 9.17) is 9.84 Å². The number of aliphatic hydroxyl groups is 1. The zero-order valence-electron chi connectivity index (χ0n) is 11.1. The molecule has 0 spiro atoms. The summed E-state index contributed by atoms with van der Waals surface area (Å²) < 4.78 is 20.8. The molecule has 2 rings (SSSR count). The van der Waals surface area contributed by atoms with Gasteiger partial charge in [-0.1, -0.05) is 11.8 Å². The summed E-state index contributed by atoms with van der Waals surface area (Å²) in [5.41, 5.74) is 0.478. The molecule has 1 aromatic heterocycles. The molecular formula is C15H15FN2O2. The maximum atomic E-state index is 13.4. The lowest BCUT2D eigenvalue weighted by atomic mass is 10.2. The first kappa shape index (κ1) is 14.1. The largest absolute Gasteiger partial charge is 0.493 e. The summed E-state index contributed by atoms with van der Waals surface area (Å²) in [6.07, 6.45) is 4.22. The lowest BCUT2D eigenvalue weighted by Crippen LogP contribution is -2.06. The maximum Gasteiger partial charge on any atom is 0.128 e. The van der Waals surface area contributed by atoms with Crippen LogP contribution in [-0.2, 0) is 13.5 Å². The van der Waals surface area contributed by atoms with Crippen LogP contribution in [-0.4, -0.2) is 27.9 Å². The Morgan fingerprint density at radius 2 is 2.25 bits per heavy atom. The van der Waals surface area contributed by atoms with Crippen LogP contribution >= 0.6 is 0 Å². The van der Waals surface area contributed by atoms with Gasteiger partial charge in [-0.2, -0.15) is 0 Å². The van der Waals surface area contributed by atoms with Gasteiger partial charge in [-0.3, -0.25) is 0 Å². The van der Waals surface area contributed by atoms with Crippen molar-refractivity contribution in [2.45, 2.75) is 6.42 Å². The van der Waals surface area contributed by atoms with Crippen molar-refractivity contribution < 1.29 is 14.2 Å². The second-order valence-corrected chi connectivity index (χ2v) is 4.19. The van der Waals surface area contributed by atoms with Gasteiger partial charge >= 0.3 is 0 Å². The number of rotatable bonds is 4. The molecule has 0 bridgehead atoms. The molecule has 0 aliphatic heterocycles. The number of aryl methyl sites for hydroxylation is 1. The number of aromatic nitrogens is 2. The van der Waals surface area contributed by atoms with Crippen LogP contribution < -0.4 is 4.74 Å². The summed E-state index contributed by atoms with van der Waals surface area (Å²) in [4.78, 5) is 4.18. The molecule has 0 fully saturated rings. The summed E-state index contributed by atoms with van der Waals surface area (Å²) >= 11 is 0. The number of benzene rings is 1. The van der Waals surface area contributed by atoms with Crippen molar-refractivity contribution in [1.29, 1.82) is 0 Å². The van der Waals surface area contributed by atoms with E-state index in [2.05, 4.69) is 16.8 Å². The predicted octanol–water partition coefficient (Wildman–Crippen LogP) is 1.52. The van der Waals surface area contributed by atoms with Crippen LogP contribution in [0.2, 0.25) is 0 Å². The molecule has 4 nitrogen and oxygen atoms in total. The van der Waals surface area contributed by atoms with Gasteiger partial charge in [-0.15, -0.1) is 0 Å². The lowest BCUT2D eigenvalue weighted by molar-refractivity contribution is 0.316. The van der Waals surface area contributed by atoms with E-state index in [0.29, 0.717) is 24.3 Å². The Kier molecular flexibility index (Phi) is 4.75. The van der Waals surface area contributed by atoms with E-state index in [-0.39, 0.29) is 6.61 Å². The van der Waals surface area contributed by atoms with Crippen molar-refractivity contribution in [2.24, 2.45) is 7.05 Å². The molecule has 0 saturated carbocycles. The standard InChI is InChI=1S/C15H15FN2O2/c1-18-6-5-17-15(18)4-8-20-14-10-12(3-2-7-19)9-13(16)11-14/h5-6,9-11,19H,4,7-8H2,1H3. The second kappa shape index (κ2) is 6.73. The highest BCUT2D eigenvalue weighted by atomic mass is 19.1. The van der Waals surface area contributed by atoms with Gasteiger partial charge in [0.05, 0.1) is 6.61 Å². The van der Waals surface area contributed by atoms with Crippen molar-refractivity contribution in [2.75, 3.05) is 13.2 Å². The number of hydrogen-bond acceptors (Lipinski definition) is 3. The Morgan fingerprint density at radius 3 is 2.95 bits per heavy atom. The third-order valence-electron chi connectivity index (χ3n) is 2.70. The Balaban J connectivity index is 1.99. The highest BCUT2D eigenvalue weighted by molar-refractivity contribution is 5.40. The quantitative estimate of drug-likeness (QED) is 0.860. The van der Waals surface area contributed by atoms with E-state index in [9.17, 15) is 4.39 Å². The molecular weight excluding hydrogens is 259 g/mol. The average molecular weight is 274 g/mol. The second-order valence-electron chi connectivity index (χ2n) is 4.19. The Labute approximate surface area is 116 Å². The SMILES string of the molecule is Cn1ccnc1CCOc1cc(F)cc(C#CCO)c1. The first-order valence-corrected chi connectivity index (χ1v) is 6.18. The number of imidazole rings is 1. The van der Waals surface area contributed by atoms with Crippen molar-refractivity contribution in [1.82, 2.24) is 9.55 Å². The minimum Gasteiger partial charge on any atom is -0.493 e. The molecule has 20 heavy (non-hydrogen) atoms. The fraction of sp³-hybridized carbons (Fsp3) is 0.267. The minimum absolute atomic E-state index is 0.258. The van der Waals surface area contributed by atoms with Gasteiger partial charge in [-0.05, 0) is 12.1 Å². The molecule has 1 heterocycles. The number of halogens is 1. The normalized spacial score (nSPS) is 9.95. The number of ether oxygens (including phenoxy) is 1. The fourth-order valence-electron chi connectivity index (χ4n) is 1.76. The Morgan fingerprint density at radius 1 is 1.40 bits per heavy atom. The van der Waals surface area contributed by atoms with Gasteiger partial charge in [0.25, 0.3) is 0 Å². The van der Waals surface area contributed by atoms with Gasteiger partial charge in [0.1, 0.15) is 24.0 Å². The number of nitrogens with zero attached hydrogens (tertiary/aromatic N) is 2. The van der Waals surface area contributed by atoms with Crippen LogP contribution in [0.15, 0.2) is 30.6 Å². The zero-order valence-corrected chi connectivity index (χ0v) is 11.1. The van der Waals surface area contributed by atoms with Crippen LogP contribution in [0.25, 0.3) is 0 Å². The summed E-state index contributed by atoms with van der Waals surface area (Å²) in [5.74, 6) is 6.03. The topological polar surface area (TPSA) is 47.3 Å². The van der Waals surface area contributed by atoms with E-state index in [1.807, 2.05) is 17.8 Å². The summed E-state index contributed by atoms with van der Waals surface area (Å²) in [6.45, 7) is 0.146. The molecule has 0 radical (unpaired) electrons. The molecule has 5 heteroatoms. The molecule has 1 N–H and O–H groups in total. The molecule has 1 aromatic carbocycles. The number of hydrogen-bond donors (Lipinski definition) is 1. The molecule has 0 aliphatic rings. The van der Waals surface area contributed by atoms with E-state index in [1.54, 1.807) is 12.3 Å². The van der Waals surface area contributed by atoms with E-state index in [0.717, 1.165) is 5.82 Å². The van der Waals surface area contributed by atoms with Crippen molar-refractivity contribution in [3.63, 3.8) is 0 Å². The van der Waals surface area contributed by atoms with Crippen LogP contribution in [0.5, 0.6) is 5.75 Å². The Bertz CT molecular complexity index is 641. The van der Waals surface area contributed by atoms with Gasteiger partial charge in [0.2, 0.25) is 0 Å². The first-order chi connectivity index (χ1) is 9.69. The molecule has 0 aliphatic carbocycles. The monoisotopic (exact) mass is 274 g/mol. The van der Waals surface area contributed by atoms with Crippen molar-refractivity contribution in [3.8, 4) is 17.6 Å². The highest BCUT2D eigenvalue weighted by Crippen LogP contribution is 2.16. The van der Waals surface area contributed by atoms with E-state index in [1.165, 1.54) is 12.1 Å². The highest BCUT2D eigenvalue weighted by Gasteiger charge is 2.03. The molecule has 104 valence electrons. The smallest absolute Gasteiger partial charge is 0.128 e. The van der Waals surface area contributed by atoms with E-state index < -0.39 is 5.82 Å². The van der Waals surface area contributed by atoms with E-state index >= 15 is 0 Å². The predicted molar refractivity (Wildman–Crippen MR) is 72.8 cm³/mol. The zero-order chi connectivity index (χ0) is 14.4.